The second-order valence-electron chi connectivity index (χ2n) is 3.43. The highest BCUT2D eigenvalue weighted by atomic mass is 19.1. The summed E-state index contributed by atoms with van der Waals surface area (Å²) in [6, 6.07) is 2.66. The van der Waals surface area contributed by atoms with E-state index in [2.05, 4.69) is 10.3 Å². The van der Waals surface area contributed by atoms with E-state index < -0.39 is 5.95 Å². The van der Waals surface area contributed by atoms with Crippen LogP contribution in [0, 0.1) is 5.95 Å². The van der Waals surface area contributed by atoms with Crippen molar-refractivity contribution in [3.8, 4) is 0 Å². The summed E-state index contributed by atoms with van der Waals surface area (Å²) in [4.78, 5) is 14.7. The third kappa shape index (κ3) is 4.51. The zero-order valence-corrected chi connectivity index (χ0v) is 8.53. The van der Waals surface area contributed by atoms with Crippen molar-refractivity contribution >= 4 is 11.6 Å². The van der Waals surface area contributed by atoms with Gasteiger partial charge in [0.25, 0.3) is 0 Å². The standard InChI is InChI=1S/C10H14FN3O/c1-7(12)2-5-10(15)14-8-3-4-9(11)13-6-8/h3-4,6-7H,2,5,12H2,1H3,(H,14,15). The molecule has 1 rings (SSSR count). The lowest BCUT2D eigenvalue weighted by atomic mass is 10.2. The van der Waals surface area contributed by atoms with Gasteiger partial charge in [0.2, 0.25) is 11.9 Å². The molecule has 5 heteroatoms. The van der Waals surface area contributed by atoms with Crippen LogP contribution in [0.25, 0.3) is 0 Å². The van der Waals surface area contributed by atoms with Crippen LogP contribution < -0.4 is 11.1 Å². The van der Waals surface area contributed by atoms with E-state index in [1.54, 1.807) is 0 Å². The van der Waals surface area contributed by atoms with Crippen LogP contribution in [0.3, 0.4) is 0 Å². The number of aromatic nitrogens is 1. The molecule has 1 aromatic rings. The number of rotatable bonds is 4. The van der Waals surface area contributed by atoms with Crippen LogP contribution >= 0.6 is 0 Å². The van der Waals surface area contributed by atoms with Gasteiger partial charge in [-0.15, -0.1) is 0 Å². The van der Waals surface area contributed by atoms with E-state index in [1.807, 2.05) is 6.92 Å². The molecule has 15 heavy (non-hydrogen) atoms. The van der Waals surface area contributed by atoms with Crippen molar-refractivity contribution in [2.75, 3.05) is 5.32 Å². The van der Waals surface area contributed by atoms with Gasteiger partial charge in [-0.1, -0.05) is 0 Å². The third-order valence-electron chi connectivity index (χ3n) is 1.84. The average molecular weight is 211 g/mol. The Balaban J connectivity index is 2.41. The molecule has 0 spiro atoms. The molecular formula is C10H14FN3O. The largest absolute Gasteiger partial charge is 0.328 e. The number of nitrogens with one attached hydrogen (secondary N) is 1. The third-order valence-corrected chi connectivity index (χ3v) is 1.84. The fourth-order valence-electron chi connectivity index (χ4n) is 1.03. The fraction of sp³-hybridized carbons (Fsp3) is 0.400. The van der Waals surface area contributed by atoms with Crippen LogP contribution in [0.2, 0.25) is 0 Å². The summed E-state index contributed by atoms with van der Waals surface area (Å²) < 4.78 is 12.4. The zero-order chi connectivity index (χ0) is 11.3. The summed E-state index contributed by atoms with van der Waals surface area (Å²) >= 11 is 0. The maximum Gasteiger partial charge on any atom is 0.224 e. The van der Waals surface area contributed by atoms with Gasteiger partial charge >= 0.3 is 0 Å². The van der Waals surface area contributed by atoms with Crippen LogP contribution in [-0.2, 0) is 4.79 Å². The summed E-state index contributed by atoms with van der Waals surface area (Å²) in [7, 11) is 0. The molecule has 1 heterocycles. The topological polar surface area (TPSA) is 68.0 Å². The van der Waals surface area contributed by atoms with Crippen LogP contribution in [-0.4, -0.2) is 16.9 Å². The van der Waals surface area contributed by atoms with E-state index in [9.17, 15) is 9.18 Å². The molecule has 0 aliphatic carbocycles. The molecule has 0 radical (unpaired) electrons. The first kappa shape index (κ1) is 11.6. The Bertz CT molecular complexity index is 324. The molecule has 0 aliphatic heterocycles. The summed E-state index contributed by atoms with van der Waals surface area (Å²) in [5.74, 6) is -0.704. The van der Waals surface area contributed by atoms with E-state index in [1.165, 1.54) is 18.3 Å². The number of amides is 1. The molecule has 1 aromatic heterocycles. The first-order chi connectivity index (χ1) is 7.08. The second kappa shape index (κ2) is 5.41. The van der Waals surface area contributed by atoms with Gasteiger partial charge in [0.05, 0.1) is 11.9 Å². The van der Waals surface area contributed by atoms with Gasteiger partial charge in [-0.25, -0.2) is 4.98 Å². The number of hydrogen-bond donors (Lipinski definition) is 2. The van der Waals surface area contributed by atoms with Crippen molar-refractivity contribution in [1.82, 2.24) is 4.98 Å². The van der Waals surface area contributed by atoms with Gasteiger partial charge in [0.1, 0.15) is 0 Å². The summed E-state index contributed by atoms with van der Waals surface area (Å²) in [6.45, 7) is 1.84. The Morgan fingerprint density at radius 2 is 2.40 bits per heavy atom. The van der Waals surface area contributed by atoms with Crippen molar-refractivity contribution in [2.24, 2.45) is 5.73 Å². The molecule has 4 nitrogen and oxygen atoms in total. The van der Waals surface area contributed by atoms with Crippen molar-refractivity contribution in [2.45, 2.75) is 25.8 Å². The predicted molar refractivity (Wildman–Crippen MR) is 55.7 cm³/mol. The van der Waals surface area contributed by atoms with Gasteiger partial charge in [-0.2, -0.15) is 4.39 Å². The Morgan fingerprint density at radius 1 is 1.67 bits per heavy atom. The van der Waals surface area contributed by atoms with Crippen molar-refractivity contribution in [3.63, 3.8) is 0 Å². The first-order valence-corrected chi connectivity index (χ1v) is 4.75. The Labute approximate surface area is 87.7 Å². The van der Waals surface area contributed by atoms with Crippen LogP contribution in [0.15, 0.2) is 18.3 Å². The molecular weight excluding hydrogens is 197 g/mol. The van der Waals surface area contributed by atoms with E-state index in [-0.39, 0.29) is 11.9 Å². The van der Waals surface area contributed by atoms with Gasteiger partial charge in [0.15, 0.2) is 0 Å². The van der Waals surface area contributed by atoms with Crippen molar-refractivity contribution < 1.29 is 9.18 Å². The number of nitrogens with two attached hydrogens (primary N) is 1. The predicted octanol–water partition coefficient (Wildman–Crippen LogP) is 1.29. The Morgan fingerprint density at radius 3 is 2.93 bits per heavy atom. The van der Waals surface area contributed by atoms with E-state index in [0.29, 0.717) is 18.5 Å². The number of carbonyl (C=O) groups excluding carboxylic acids is 1. The quantitative estimate of drug-likeness (QED) is 0.737. The fourth-order valence-corrected chi connectivity index (χ4v) is 1.03. The molecule has 0 saturated carbocycles. The molecule has 0 saturated heterocycles. The van der Waals surface area contributed by atoms with Crippen molar-refractivity contribution in [1.29, 1.82) is 0 Å². The number of halogens is 1. The SMILES string of the molecule is CC(N)CCC(=O)Nc1ccc(F)nc1. The monoisotopic (exact) mass is 211 g/mol. The molecule has 82 valence electrons. The summed E-state index contributed by atoms with van der Waals surface area (Å²) in [5, 5.41) is 2.60. The van der Waals surface area contributed by atoms with Gasteiger partial charge in [-0.3, -0.25) is 4.79 Å². The number of hydrogen-bond acceptors (Lipinski definition) is 3. The maximum absolute atomic E-state index is 12.4. The van der Waals surface area contributed by atoms with Gasteiger partial charge in [0, 0.05) is 12.5 Å². The minimum atomic E-state index is -0.566. The lowest BCUT2D eigenvalue weighted by molar-refractivity contribution is -0.116. The van der Waals surface area contributed by atoms with E-state index in [0.717, 1.165) is 0 Å². The number of nitrogens with zero attached hydrogens (tertiary/aromatic N) is 1. The van der Waals surface area contributed by atoms with Crippen LogP contribution in [0.5, 0.6) is 0 Å². The van der Waals surface area contributed by atoms with Gasteiger partial charge < -0.3 is 11.1 Å². The summed E-state index contributed by atoms with van der Waals surface area (Å²) in [6.07, 6.45) is 2.26. The average Bonchev–Trinajstić information content (AvgIpc) is 2.19. The highest BCUT2D eigenvalue weighted by Gasteiger charge is 2.04. The van der Waals surface area contributed by atoms with Crippen LogP contribution in [0.1, 0.15) is 19.8 Å². The number of carbonyl (C=O) groups is 1. The molecule has 1 atom stereocenters. The molecule has 0 aromatic carbocycles. The maximum atomic E-state index is 12.4. The number of anilines is 1. The Kier molecular flexibility index (Phi) is 4.17. The molecule has 1 amide bonds. The van der Waals surface area contributed by atoms with E-state index in [4.69, 9.17) is 5.73 Å². The Hall–Kier alpha value is -1.49. The molecule has 0 bridgehead atoms. The van der Waals surface area contributed by atoms with Crippen molar-refractivity contribution in [3.05, 3.63) is 24.3 Å². The minimum absolute atomic E-state index is 0.00194. The second-order valence-corrected chi connectivity index (χ2v) is 3.43. The normalized spacial score (nSPS) is 12.2. The van der Waals surface area contributed by atoms with Gasteiger partial charge in [-0.05, 0) is 25.5 Å². The number of pyridine rings is 1. The smallest absolute Gasteiger partial charge is 0.224 e. The highest BCUT2D eigenvalue weighted by molar-refractivity contribution is 5.90. The lowest BCUT2D eigenvalue weighted by Crippen LogP contribution is -2.19. The molecule has 0 fully saturated rings. The summed E-state index contributed by atoms with van der Waals surface area (Å²) in [5.41, 5.74) is 6.00. The minimum Gasteiger partial charge on any atom is -0.328 e. The first-order valence-electron chi connectivity index (χ1n) is 4.75. The zero-order valence-electron chi connectivity index (χ0n) is 8.53. The highest BCUT2D eigenvalue weighted by Crippen LogP contribution is 2.06. The lowest BCUT2D eigenvalue weighted by Gasteiger charge is -2.06. The molecule has 0 aliphatic rings. The molecule has 3 N–H and O–H groups in total. The molecule has 1 unspecified atom stereocenters. The van der Waals surface area contributed by atoms with Crippen LogP contribution in [0.4, 0.5) is 10.1 Å². The van der Waals surface area contributed by atoms with E-state index >= 15 is 0 Å².